The minimum atomic E-state index is -1.60. The molecule has 1 unspecified atom stereocenters. The number of carbonyl (C=O) groups excluding carboxylic acids is 3. The Balaban J connectivity index is -0.00000364. The van der Waals surface area contributed by atoms with Crippen LogP contribution in [0.4, 0.5) is 0 Å². The second kappa shape index (κ2) is 24.9. The predicted molar refractivity (Wildman–Crippen MR) is 106 cm³/mol. The topological polar surface area (TPSA) is 109 Å². The largest absolute Gasteiger partial charge is 1.00 e. The van der Waals surface area contributed by atoms with Crippen molar-refractivity contribution in [1.82, 2.24) is 5.32 Å². The van der Waals surface area contributed by atoms with Crippen LogP contribution in [0.5, 0.6) is 0 Å². The van der Waals surface area contributed by atoms with Gasteiger partial charge in [0, 0.05) is 18.8 Å². The van der Waals surface area contributed by atoms with Gasteiger partial charge in [0.15, 0.2) is 0 Å². The molecule has 0 aliphatic carbocycles. The molecule has 0 aromatic rings. The van der Waals surface area contributed by atoms with E-state index < -0.39 is 30.3 Å². The van der Waals surface area contributed by atoms with Gasteiger partial charge in [-0.05, 0) is 6.42 Å². The minimum Gasteiger partial charge on any atom is -0.550 e. The second-order valence-electron chi connectivity index (χ2n) is 7.72. The molecule has 1 N–H and O–H groups in total. The zero-order valence-electron chi connectivity index (χ0n) is 19.6. The quantitative estimate of drug-likeness (QED) is 0.166. The first kappa shape index (κ1) is 34.2. The number of hydrogen-bond acceptors (Lipinski definition) is 5. The SMILES string of the molecule is CCCCCCCCCCCCCCCCCC(=O)NC(CC(=O)[O-])C(=O)[O-].[Li+].[Li+]. The predicted octanol–water partition coefficient (Wildman–Crippen LogP) is -3.37. The van der Waals surface area contributed by atoms with Crippen molar-refractivity contribution in [2.75, 3.05) is 0 Å². The van der Waals surface area contributed by atoms with Crippen LogP contribution in [0.15, 0.2) is 0 Å². The maximum atomic E-state index is 11.7. The summed E-state index contributed by atoms with van der Waals surface area (Å²) in [5.41, 5.74) is 0. The van der Waals surface area contributed by atoms with Gasteiger partial charge in [0.05, 0.1) is 12.0 Å². The van der Waals surface area contributed by atoms with E-state index in [-0.39, 0.29) is 44.1 Å². The molecule has 0 aromatic heterocycles. The number of rotatable bonds is 20. The van der Waals surface area contributed by atoms with Gasteiger partial charge in [0.1, 0.15) is 0 Å². The molecule has 0 aromatic carbocycles. The van der Waals surface area contributed by atoms with E-state index in [1.807, 2.05) is 0 Å². The molecule has 0 rings (SSSR count). The van der Waals surface area contributed by atoms with Crippen molar-refractivity contribution in [2.24, 2.45) is 0 Å². The fourth-order valence-corrected chi connectivity index (χ4v) is 3.28. The van der Waals surface area contributed by atoms with Gasteiger partial charge < -0.3 is 25.1 Å². The molecule has 6 nitrogen and oxygen atoms in total. The smallest absolute Gasteiger partial charge is 0.550 e. The summed E-state index contributed by atoms with van der Waals surface area (Å²) in [6, 6.07) is -1.52. The molecule has 0 aliphatic heterocycles. The van der Waals surface area contributed by atoms with Crippen LogP contribution in [0.25, 0.3) is 0 Å². The fraction of sp³-hybridized carbons (Fsp3) is 0.864. The van der Waals surface area contributed by atoms with Gasteiger partial charge in [-0.25, -0.2) is 0 Å². The molecule has 0 spiro atoms. The van der Waals surface area contributed by atoms with E-state index in [1.165, 1.54) is 70.6 Å². The summed E-state index contributed by atoms with van der Waals surface area (Å²) in [7, 11) is 0. The Morgan fingerprint density at radius 2 is 1.03 bits per heavy atom. The molecular formula is C22H39Li2NO5. The van der Waals surface area contributed by atoms with E-state index in [0.29, 0.717) is 6.42 Å². The van der Waals surface area contributed by atoms with E-state index in [1.54, 1.807) is 0 Å². The summed E-state index contributed by atoms with van der Waals surface area (Å²) < 4.78 is 0. The number of nitrogens with one attached hydrogen (secondary N) is 1. The van der Waals surface area contributed by atoms with Crippen LogP contribution in [-0.2, 0) is 14.4 Å². The average Bonchev–Trinajstić information content (AvgIpc) is 2.64. The van der Waals surface area contributed by atoms with E-state index in [2.05, 4.69) is 12.2 Å². The maximum absolute atomic E-state index is 11.7. The first-order chi connectivity index (χ1) is 13.5. The summed E-state index contributed by atoms with van der Waals surface area (Å²) in [5.74, 6) is -3.58. The Morgan fingerprint density at radius 1 is 0.667 bits per heavy atom. The monoisotopic (exact) mass is 411 g/mol. The normalized spacial score (nSPS) is 11.1. The Morgan fingerprint density at radius 3 is 1.37 bits per heavy atom. The number of carboxylic acids is 2. The van der Waals surface area contributed by atoms with Crippen molar-refractivity contribution in [3.05, 3.63) is 0 Å². The molecule has 0 radical (unpaired) electrons. The summed E-state index contributed by atoms with van der Waals surface area (Å²) in [6.45, 7) is 2.24. The molecule has 30 heavy (non-hydrogen) atoms. The van der Waals surface area contributed by atoms with Gasteiger partial charge in [-0.1, -0.05) is 96.8 Å². The number of carboxylic acid groups (broad SMARTS) is 2. The third-order valence-electron chi connectivity index (χ3n) is 5.00. The molecule has 1 amide bonds. The Kier molecular flexibility index (Phi) is 28.4. The first-order valence-corrected chi connectivity index (χ1v) is 11.2. The van der Waals surface area contributed by atoms with E-state index in [0.717, 1.165) is 19.3 Å². The van der Waals surface area contributed by atoms with Gasteiger partial charge in [-0.15, -0.1) is 0 Å². The van der Waals surface area contributed by atoms with Crippen LogP contribution in [0.3, 0.4) is 0 Å². The average molecular weight is 411 g/mol. The van der Waals surface area contributed by atoms with Gasteiger partial charge in [-0.2, -0.15) is 0 Å². The molecule has 0 bridgehead atoms. The molecule has 0 fully saturated rings. The van der Waals surface area contributed by atoms with Crippen LogP contribution >= 0.6 is 0 Å². The standard InChI is InChI=1S/C22H41NO5.2Li/c1-2-3-4-5-6-7-8-9-10-11-12-13-14-15-16-17-20(24)23-19(22(27)28)18-21(25)26;;/h19H,2-18H2,1H3,(H,23,24)(H,25,26)(H,27,28);;/q;2*+1/p-2. The number of amides is 1. The van der Waals surface area contributed by atoms with Gasteiger partial charge >= 0.3 is 37.7 Å². The van der Waals surface area contributed by atoms with Crippen molar-refractivity contribution >= 4 is 17.8 Å². The van der Waals surface area contributed by atoms with Gasteiger partial charge in [-0.3, -0.25) is 4.79 Å². The fourth-order valence-electron chi connectivity index (χ4n) is 3.28. The van der Waals surface area contributed by atoms with Crippen LogP contribution in [0, 0.1) is 0 Å². The van der Waals surface area contributed by atoms with E-state index in [9.17, 15) is 24.6 Å². The summed E-state index contributed by atoms with van der Waals surface area (Å²) in [6.07, 6.45) is 17.9. The van der Waals surface area contributed by atoms with Crippen molar-refractivity contribution in [1.29, 1.82) is 0 Å². The molecule has 8 heteroatoms. The summed E-state index contributed by atoms with van der Waals surface area (Å²) in [5, 5.41) is 23.4. The van der Waals surface area contributed by atoms with Gasteiger partial charge in [0.25, 0.3) is 0 Å². The zero-order valence-corrected chi connectivity index (χ0v) is 19.6. The van der Waals surface area contributed by atoms with Crippen molar-refractivity contribution < 1.29 is 62.3 Å². The number of aliphatic carboxylic acids is 2. The van der Waals surface area contributed by atoms with Crippen molar-refractivity contribution in [3.63, 3.8) is 0 Å². The van der Waals surface area contributed by atoms with E-state index in [4.69, 9.17) is 0 Å². The van der Waals surface area contributed by atoms with Crippen LogP contribution in [0.1, 0.15) is 116 Å². The first-order valence-electron chi connectivity index (χ1n) is 11.2. The zero-order chi connectivity index (χ0) is 21.0. The second-order valence-corrected chi connectivity index (χ2v) is 7.72. The summed E-state index contributed by atoms with van der Waals surface area (Å²) in [4.78, 5) is 32.9. The molecule has 0 saturated carbocycles. The van der Waals surface area contributed by atoms with Crippen LogP contribution in [0.2, 0.25) is 0 Å². The molecular weight excluding hydrogens is 372 g/mol. The van der Waals surface area contributed by atoms with E-state index >= 15 is 0 Å². The minimum absolute atomic E-state index is 0. The van der Waals surface area contributed by atoms with Gasteiger partial charge in [0.2, 0.25) is 5.91 Å². The number of carbonyl (C=O) groups is 3. The molecule has 1 atom stereocenters. The van der Waals surface area contributed by atoms with Crippen molar-refractivity contribution in [3.8, 4) is 0 Å². The van der Waals surface area contributed by atoms with Crippen molar-refractivity contribution in [2.45, 2.75) is 122 Å². The molecule has 0 heterocycles. The Hall–Kier alpha value is -0.395. The third kappa shape index (κ3) is 23.9. The van der Waals surface area contributed by atoms with Crippen LogP contribution < -0.4 is 53.3 Å². The summed E-state index contributed by atoms with van der Waals surface area (Å²) >= 11 is 0. The molecule has 0 aliphatic rings. The molecule has 164 valence electrons. The number of unbranched alkanes of at least 4 members (excludes halogenated alkanes) is 14. The molecule has 0 saturated heterocycles. The number of hydrogen-bond donors (Lipinski definition) is 1. The Labute approximate surface area is 207 Å². The maximum Gasteiger partial charge on any atom is 1.00 e. The third-order valence-corrected chi connectivity index (χ3v) is 5.00. The van der Waals surface area contributed by atoms with Crippen LogP contribution in [-0.4, -0.2) is 23.9 Å². The Bertz CT molecular complexity index is 436.